The highest BCUT2D eigenvalue weighted by atomic mass is 35.5. The first-order valence-corrected chi connectivity index (χ1v) is 13.4. The molecular weight excluding hydrogens is 586 g/mol. The van der Waals surface area contributed by atoms with E-state index in [4.69, 9.17) is 4.74 Å². The van der Waals surface area contributed by atoms with Crippen molar-refractivity contribution in [3.63, 3.8) is 0 Å². The summed E-state index contributed by atoms with van der Waals surface area (Å²) in [5, 5.41) is 24.1. The van der Waals surface area contributed by atoms with Crippen LogP contribution in [0.3, 0.4) is 0 Å². The first-order chi connectivity index (χ1) is 20.1. The van der Waals surface area contributed by atoms with Gasteiger partial charge in [-0.15, -0.1) is 9.78 Å². The quantitative estimate of drug-likeness (QED) is 0.187. The van der Waals surface area contributed by atoms with Crippen LogP contribution < -0.4 is 22.0 Å². The smallest absolute Gasteiger partial charge is 0.324 e. The molecule has 1 saturated heterocycles. The van der Waals surface area contributed by atoms with Gasteiger partial charge >= 0.3 is 12.0 Å². The molecule has 2 aromatic carbocycles. The van der Waals surface area contributed by atoms with Crippen LogP contribution >= 0.6 is 0 Å². The molecule has 2 atom stereocenters. The number of benzene rings is 2. The lowest BCUT2D eigenvalue weighted by molar-refractivity contribution is -0.765. The van der Waals surface area contributed by atoms with E-state index in [1.54, 1.807) is 67.0 Å². The molecule has 1 aliphatic rings. The number of nitrogens with zero attached hydrogens (tertiary/aromatic N) is 8. The van der Waals surface area contributed by atoms with Gasteiger partial charge in [0.2, 0.25) is 13.1 Å². The first kappa shape index (κ1) is 31.5. The molecule has 12 nitrogen and oxygen atoms in total. The van der Waals surface area contributed by atoms with Gasteiger partial charge in [-0.2, -0.15) is 4.57 Å². The highest BCUT2D eigenvalue weighted by Crippen LogP contribution is 2.34. The van der Waals surface area contributed by atoms with Gasteiger partial charge in [0, 0.05) is 30.4 Å². The Kier molecular flexibility index (Phi) is 9.40. The van der Waals surface area contributed by atoms with Crippen LogP contribution in [0.4, 0.5) is 19.3 Å². The average molecular weight is 617 g/mol. The van der Waals surface area contributed by atoms with Gasteiger partial charge in [0.1, 0.15) is 18.2 Å². The molecule has 0 bridgehead atoms. The normalized spacial score (nSPS) is 15.4. The third-order valence-corrected chi connectivity index (χ3v) is 7.31. The van der Waals surface area contributed by atoms with E-state index in [1.807, 2.05) is 0 Å². The van der Waals surface area contributed by atoms with Gasteiger partial charge in [0.15, 0.2) is 5.60 Å². The fourth-order valence-corrected chi connectivity index (χ4v) is 4.89. The van der Waals surface area contributed by atoms with Crippen LogP contribution in [0.5, 0.6) is 0 Å². The van der Waals surface area contributed by atoms with Crippen LogP contribution in [-0.2, 0) is 28.4 Å². The highest BCUT2D eigenvalue weighted by molar-refractivity contribution is 5.94. The molecule has 2 amide bonds. The van der Waals surface area contributed by atoms with Gasteiger partial charge in [0.25, 0.3) is 6.33 Å². The highest BCUT2D eigenvalue weighted by Gasteiger charge is 2.48. The number of halogens is 3. The number of urea groups is 1. The second-order valence-electron chi connectivity index (χ2n) is 10.4. The molecule has 15 heteroatoms. The Bertz CT molecular complexity index is 1570. The Morgan fingerprint density at radius 3 is 2.49 bits per heavy atom. The summed E-state index contributed by atoms with van der Waals surface area (Å²) in [4.78, 5) is 28.5. The minimum atomic E-state index is -2.02. The largest absolute Gasteiger partial charge is 1.00 e. The Morgan fingerprint density at radius 1 is 1.12 bits per heavy atom. The summed E-state index contributed by atoms with van der Waals surface area (Å²) < 4.78 is 38.6. The Labute approximate surface area is 252 Å². The number of rotatable bonds is 10. The van der Waals surface area contributed by atoms with Crippen molar-refractivity contribution < 1.29 is 45.3 Å². The van der Waals surface area contributed by atoms with Crippen LogP contribution in [0.15, 0.2) is 67.5 Å². The molecule has 1 fully saturated rings. The van der Waals surface area contributed by atoms with Gasteiger partial charge in [-0.25, -0.2) is 18.3 Å². The van der Waals surface area contributed by atoms with Crippen LogP contribution in [0, 0.1) is 17.6 Å². The number of ether oxygens (including phenoxy) is 1. The van der Waals surface area contributed by atoms with E-state index < -0.39 is 23.3 Å². The summed E-state index contributed by atoms with van der Waals surface area (Å²) in [7, 11) is 0. The number of carbonyl (C=O) groups is 2. The molecule has 5 rings (SSSR count). The lowest BCUT2D eigenvalue weighted by atomic mass is 9.85. The molecule has 1 aliphatic heterocycles. The number of esters is 1. The Morgan fingerprint density at radius 2 is 1.84 bits per heavy atom. The zero-order chi connectivity index (χ0) is 30.0. The van der Waals surface area contributed by atoms with Crippen LogP contribution in [0.2, 0.25) is 0 Å². The van der Waals surface area contributed by atoms with E-state index in [1.165, 1.54) is 32.9 Å². The van der Waals surface area contributed by atoms with Crippen molar-refractivity contribution in [1.82, 2.24) is 29.6 Å². The van der Waals surface area contributed by atoms with Crippen molar-refractivity contribution in [2.45, 2.75) is 45.7 Å². The minimum absolute atomic E-state index is 0. The maximum Gasteiger partial charge on any atom is 0.324 e. The van der Waals surface area contributed by atoms with E-state index in [-0.39, 0.29) is 55.7 Å². The van der Waals surface area contributed by atoms with Crippen molar-refractivity contribution in [3.8, 4) is 5.69 Å². The zero-order valence-electron chi connectivity index (χ0n) is 23.7. The van der Waals surface area contributed by atoms with E-state index in [0.717, 1.165) is 11.8 Å². The summed E-state index contributed by atoms with van der Waals surface area (Å²) in [5.74, 6) is -2.45. The number of anilines is 1. The SMILES string of the molecule is CC(C)C(=O)OCn1cn[n+](C[C@](O)(c2ccc(F)cc2F)[C@@H](C)N2CCN(c3ccc(-n4ccnn4)cc3)C2=O)c1.[Cl-]. The summed E-state index contributed by atoms with van der Waals surface area (Å²) in [5.41, 5.74) is -0.796. The van der Waals surface area contributed by atoms with Crippen LogP contribution in [0.1, 0.15) is 26.3 Å². The first-order valence-electron chi connectivity index (χ1n) is 13.4. The minimum Gasteiger partial charge on any atom is -1.00 e. The molecule has 4 aromatic rings. The van der Waals surface area contributed by atoms with Crippen molar-refractivity contribution in [3.05, 3.63) is 84.7 Å². The number of aromatic nitrogens is 6. The predicted octanol–water partition coefficient (Wildman–Crippen LogP) is -0.591. The molecule has 0 radical (unpaired) electrons. The molecule has 3 heterocycles. The van der Waals surface area contributed by atoms with Crippen molar-refractivity contribution in [2.24, 2.45) is 5.92 Å². The topological polar surface area (TPSA) is 122 Å². The van der Waals surface area contributed by atoms with Crippen molar-refractivity contribution in [1.29, 1.82) is 0 Å². The van der Waals surface area contributed by atoms with Crippen LogP contribution in [0.25, 0.3) is 5.69 Å². The number of amides is 2. The van der Waals surface area contributed by atoms with E-state index in [0.29, 0.717) is 18.3 Å². The summed E-state index contributed by atoms with van der Waals surface area (Å²) >= 11 is 0. The van der Waals surface area contributed by atoms with Gasteiger partial charge in [-0.05, 0) is 42.4 Å². The van der Waals surface area contributed by atoms with Gasteiger partial charge in [-0.1, -0.05) is 25.1 Å². The lowest BCUT2D eigenvalue weighted by Crippen LogP contribution is -3.00. The van der Waals surface area contributed by atoms with Crippen molar-refractivity contribution in [2.75, 3.05) is 18.0 Å². The van der Waals surface area contributed by atoms with Gasteiger partial charge in [0.05, 0.1) is 30.0 Å². The molecule has 0 spiro atoms. The molecule has 1 N–H and O–H groups in total. The maximum atomic E-state index is 15.2. The van der Waals surface area contributed by atoms with Gasteiger partial charge in [-0.3, -0.25) is 9.69 Å². The lowest BCUT2D eigenvalue weighted by Gasteiger charge is -2.38. The number of hydrogen-bond donors (Lipinski definition) is 1. The van der Waals surface area contributed by atoms with E-state index >= 15 is 4.39 Å². The van der Waals surface area contributed by atoms with Crippen LogP contribution in [-0.4, -0.2) is 65.8 Å². The average Bonchev–Trinajstić information content (AvgIpc) is 3.73. The summed E-state index contributed by atoms with van der Waals surface area (Å²) in [6.07, 6.45) is 6.15. The van der Waals surface area contributed by atoms with E-state index in [2.05, 4.69) is 15.4 Å². The number of carbonyl (C=O) groups excluding carboxylic acids is 2. The molecule has 0 unspecified atom stereocenters. The molecule has 0 aliphatic carbocycles. The second-order valence-corrected chi connectivity index (χ2v) is 10.4. The molecule has 228 valence electrons. The number of aliphatic hydroxyl groups is 1. The Balaban J connectivity index is 0.00000423. The third-order valence-electron chi connectivity index (χ3n) is 7.31. The fourth-order valence-electron chi connectivity index (χ4n) is 4.89. The standard InChI is InChI=1S/C28H31F2N8O4.ClH/c1-19(2)26(39)42-18-34-16-32-35(17-34)15-28(41,24-9-4-21(29)14-25(24)30)20(3)36-12-13-37(27(36)40)22-5-7-23(8-6-22)38-11-10-31-33-38;/h4-11,14,16-17,19-20,41H,12-13,15,18H2,1-3H3;1H/q+1;/p-1/t20-,28-;/m1./s1. The molecule has 0 saturated carbocycles. The predicted molar refractivity (Wildman–Crippen MR) is 144 cm³/mol. The maximum absolute atomic E-state index is 15.2. The fraction of sp³-hybridized carbons (Fsp3) is 0.357. The summed E-state index contributed by atoms with van der Waals surface area (Å²) in [6, 6.07) is 8.75. The molecule has 43 heavy (non-hydrogen) atoms. The zero-order valence-corrected chi connectivity index (χ0v) is 24.5. The van der Waals surface area contributed by atoms with Crippen molar-refractivity contribution >= 4 is 17.7 Å². The summed E-state index contributed by atoms with van der Waals surface area (Å²) in [6.45, 7) is 5.23. The monoisotopic (exact) mass is 616 g/mol. The Hall–Kier alpha value is -4.43. The van der Waals surface area contributed by atoms with Gasteiger partial charge < -0.3 is 27.2 Å². The second kappa shape index (κ2) is 12.8. The van der Waals surface area contributed by atoms with E-state index in [9.17, 15) is 19.1 Å². The number of hydrogen-bond acceptors (Lipinski definition) is 7. The molecule has 2 aromatic heterocycles. The third kappa shape index (κ3) is 6.49. The molecular formula is C28H31ClF2N8O4.